The van der Waals surface area contributed by atoms with Gasteiger partial charge in [-0.2, -0.15) is 0 Å². The molecule has 0 amide bonds. The van der Waals surface area contributed by atoms with Crippen molar-refractivity contribution in [2.75, 3.05) is 7.05 Å². The fourth-order valence-electron chi connectivity index (χ4n) is 2.13. The second-order valence-corrected chi connectivity index (χ2v) is 5.30. The minimum absolute atomic E-state index is 0.747. The topological polar surface area (TPSA) is 42.2 Å². The summed E-state index contributed by atoms with van der Waals surface area (Å²) in [4.78, 5) is 8.97. The molecule has 2 aromatic rings. The Morgan fingerprint density at radius 2 is 2.14 bits per heavy atom. The molecule has 4 heteroatoms. The number of pyridine rings is 1. The summed E-state index contributed by atoms with van der Waals surface area (Å²) in [6, 6.07) is 2.12. The van der Waals surface area contributed by atoms with Crippen LogP contribution < -0.4 is 5.32 Å². The Morgan fingerprint density at radius 1 is 1.43 bits per heavy atom. The highest BCUT2D eigenvalue weighted by Crippen LogP contribution is 2.26. The van der Waals surface area contributed by atoms with E-state index in [0.717, 1.165) is 39.1 Å². The fourth-order valence-corrected chi connectivity index (χ4v) is 2.13. The lowest BCUT2D eigenvalue weighted by atomic mass is 10.1. The van der Waals surface area contributed by atoms with Crippen molar-refractivity contribution in [3.8, 4) is 0 Å². The molecule has 21 heavy (non-hydrogen) atoms. The van der Waals surface area contributed by atoms with Crippen LogP contribution in [0.3, 0.4) is 0 Å². The molecule has 0 saturated heterocycles. The lowest BCUT2D eigenvalue weighted by Gasteiger charge is -2.02. The molecule has 0 unspecified atom stereocenters. The van der Waals surface area contributed by atoms with E-state index < -0.39 is 0 Å². The molecule has 2 rings (SSSR count). The van der Waals surface area contributed by atoms with Crippen molar-refractivity contribution < 1.29 is 0 Å². The van der Waals surface area contributed by atoms with Gasteiger partial charge in [-0.25, -0.2) is 4.98 Å². The molecule has 0 aromatic carbocycles. The molecule has 2 aromatic heterocycles. The Labute approximate surface area is 125 Å². The third kappa shape index (κ3) is 3.05. The predicted octanol–water partition coefficient (Wildman–Crippen LogP) is 3.44. The normalized spacial score (nSPS) is 12.8. The summed E-state index contributed by atoms with van der Waals surface area (Å²) in [7, 11) is 3.89. The van der Waals surface area contributed by atoms with Gasteiger partial charge in [0.1, 0.15) is 5.65 Å². The SMILES string of the molecule is C=C(/N=C\C(C)=C(/C)NC)c1cn(C)c2ncc(C)cc12. The maximum absolute atomic E-state index is 4.50. The Morgan fingerprint density at radius 3 is 2.81 bits per heavy atom. The number of hydrogen-bond donors (Lipinski definition) is 1. The highest BCUT2D eigenvalue weighted by atomic mass is 15.0. The van der Waals surface area contributed by atoms with Gasteiger partial charge in [0.25, 0.3) is 0 Å². The maximum atomic E-state index is 4.50. The van der Waals surface area contributed by atoms with Crippen LogP contribution in [0.1, 0.15) is 25.0 Å². The van der Waals surface area contributed by atoms with Crippen molar-refractivity contribution in [1.82, 2.24) is 14.9 Å². The number of hydrogen-bond acceptors (Lipinski definition) is 3. The smallest absolute Gasteiger partial charge is 0.140 e. The van der Waals surface area contributed by atoms with Crippen molar-refractivity contribution >= 4 is 22.9 Å². The molecule has 2 heterocycles. The zero-order valence-corrected chi connectivity index (χ0v) is 13.4. The highest BCUT2D eigenvalue weighted by Gasteiger charge is 2.10. The van der Waals surface area contributed by atoms with E-state index in [1.165, 1.54) is 0 Å². The first-order chi connectivity index (χ1) is 9.93. The van der Waals surface area contributed by atoms with E-state index in [9.17, 15) is 0 Å². The molecule has 0 atom stereocenters. The minimum Gasteiger partial charge on any atom is -0.391 e. The summed E-state index contributed by atoms with van der Waals surface area (Å²) in [5, 5.41) is 4.20. The number of fused-ring (bicyclic) bond motifs is 1. The first-order valence-electron chi connectivity index (χ1n) is 6.94. The zero-order valence-electron chi connectivity index (χ0n) is 13.4. The van der Waals surface area contributed by atoms with Crippen LogP contribution in [0.5, 0.6) is 0 Å². The van der Waals surface area contributed by atoms with Crippen LogP contribution in [0.2, 0.25) is 0 Å². The molecule has 0 aliphatic heterocycles. The second kappa shape index (κ2) is 5.95. The van der Waals surface area contributed by atoms with Gasteiger partial charge in [0.05, 0.1) is 5.70 Å². The van der Waals surface area contributed by atoms with Gasteiger partial charge in [-0.1, -0.05) is 6.58 Å². The summed E-state index contributed by atoms with van der Waals surface area (Å²) in [6.07, 6.45) is 5.75. The van der Waals surface area contributed by atoms with Gasteiger partial charge < -0.3 is 9.88 Å². The summed E-state index contributed by atoms with van der Waals surface area (Å²) in [5.41, 5.74) is 6.04. The average Bonchev–Trinajstić information content (AvgIpc) is 2.80. The van der Waals surface area contributed by atoms with Gasteiger partial charge in [-0.3, -0.25) is 4.99 Å². The van der Waals surface area contributed by atoms with Gasteiger partial charge in [-0.05, 0) is 38.0 Å². The zero-order chi connectivity index (χ0) is 15.6. The maximum Gasteiger partial charge on any atom is 0.140 e. The van der Waals surface area contributed by atoms with E-state index >= 15 is 0 Å². The van der Waals surface area contributed by atoms with Crippen LogP contribution in [-0.4, -0.2) is 22.8 Å². The van der Waals surface area contributed by atoms with Crippen LogP contribution >= 0.6 is 0 Å². The van der Waals surface area contributed by atoms with Gasteiger partial charge in [0.15, 0.2) is 0 Å². The van der Waals surface area contributed by atoms with Crippen molar-refractivity contribution in [2.45, 2.75) is 20.8 Å². The number of aromatic nitrogens is 2. The number of nitrogens with zero attached hydrogens (tertiary/aromatic N) is 3. The largest absolute Gasteiger partial charge is 0.391 e. The van der Waals surface area contributed by atoms with Gasteiger partial charge >= 0.3 is 0 Å². The summed E-state index contributed by atoms with van der Waals surface area (Å²) in [6.45, 7) is 10.2. The molecule has 4 nitrogen and oxygen atoms in total. The van der Waals surface area contributed by atoms with Gasteiger partial charge in [0, 0.05) is 49.4 Å². The van der Waals surface area contributed by atoms with Crippen LogP contribution in [0.15, 0.2) is 41.3 Å². The van der Waals surface area contributed by atoms with Gasteiger partial charge in [-0.15, -0.1) is 0 Å². The number of aryl methyl sites for hydroxylation is 2. The predicted molar refractivity (Wildman–Crippen MR) is 90.4 cm³/mol. The van der Waals surface area contributed by atoms with Crippen molar-refractivity contribution in [3.05, 3.63) is 47.4 Å². The molecule has 0 spiro atoms. The molecule has 0 aliphatic carbocycles. The first kappa shape index (κ1) is 15.0. The van der Waals surface area contributed by atoms with Crippen molar-refractivity contribution in [2.24, 2.45) is 12.0 Å². The molecule has 0 saturated carbocycles. The molecule has 0 fully saturated rings. The lowest BCUT2D eigenvalue weighted by Crippen LogP contribution is -2.04. The summed E-state index contributed by atoms with van der Waals surface area (Å²) >= 11 is 0. The highest BCUT2D eigenvalue weighted by molar-refractivity contribution is 5.93. The van der Waals surface area contributed by atoms with Crippen LogP contribution in [-0.2, 0) is 7.05 Å². The third-order valence-corrected chi connectivity index (χ3v) is 3.64. The average molecular weight is 282 g/mol. The lowest BCUT2D eigenvalue weighted by molar-refractivity contribution is 0.946. The van der Waals surface area contributed by atoms with E-state index in [1.807, 2.05) is 58.0 Å². The van der Waals surface area contributed by atoms with Crippen LogP contribution in [0, 0.1) is 6.92 Å². The quantitative estimate of drug-likeness (QED) is 0.873. The molecule has 1 N–H and O–H groups in total. The molecular formula is C17H22N4. The first-order valence-corrected chi connectivity index (χ1v) is 6.94. The molecule has 0 bridgehead atoms. The van der Waals surface area contributed by atoms with E-state index in [2.05, 4.69) is 27.9 Å². The van der Waals surface area contributed by atoms with Crippen molar-refractivity contribution in [1.29, 1.82) is 0 Å². The monoisotopic (exact) mass is 282 g/mol. The Balaban J connectivity index is 2.41. The second-order valence-electron chi connectivity index (χ2n) is 5.30. The number of allylic oxidation sites excluding steroid dienone is 2. The summed E-state index contributed by atoms with van der Waals surface area (Å²) < 4.78 is 2.01. The van der Waals surface area contributed by atoms with Gasteiger partial charge in [0.2, 0.25) is 0 Å². The third-order valence-electron chi connectivity index (χ3n) is 3.64. The van der Waals surface area contributed by atoms with E-state index in [1.54, 1.807) is 0 Å². The Hall–Kier alpha value is -2.36. The minimum atomic E-state index is 0.747. The molecule has 110 valence electrons. The van der Waals surface area contributed by atoms with Crippen LogP contribution in [0.25, 0.3) is 16.7 Å². The number of nitrogens with one attached hydrogen (secondary N) is 1. The standard InChI is InChI=1S/C17H22N4/c1-11-7-15-16(10-21(6)17(15)20-8-11)14(4)19-9-12(2)13(3)18-5/h7-10,18H,4H2,1-3,5-6H3/b13-12+,19-9-. The van der Waals surface area contributed by atoms with E-state index in [-0.39, 0.29) is 0 Å². The number of aliphatic imine (C=N–C) groups is 1. The van der Waals surface area contributed by atoms with Crippen molar-refractivity contribution in [3.63, 3.8) is 0 Å². The molecule has 0 radical (unpaired) electrons. The molecular weight excluding hydrogens is 260 g/mol. The van der Waals surface area contributed by atoms with Crippen LogP contribution in [0.4, 0.5) is 0 Å². The fraction of sp³-hybridized carbons (Fsp3) is 0.294. The Kier molecular flexibility index (Phi) is 4.26. The number of rotatable bonds is 4. The molecule has 0 aliphatic rings. The summed E-state index contributed by atoms with van der Waals surface area (Å²) in [5.74, 6) is 0. The Bertz CT molecular complexity index is 747. The van der Waals surface area contributed by atoms with E-state index in [0.29, 0.717) is 0 Å². The van der Waals surface area contributed by atoms with E-state index in [4.69, 9.17) is 0 Å².